The number of likely N-dealkylation sites (tertiary alicyclic amines) is 2. The summed E-state index contributed by atoms with van der Waals surface area (Å²) in [6.07, 6.45) is 11.1. The van der Waals surface area contributed by atoms with Gasteiger partial charge in [0, 0.05) is 68.5 Å². The minimum absolute atomic E-state index is 0.00235. The van der Waals surface area contributed by atoms with E-state index in [0.717, 1.165) is 80.7 Å². The molecule has 8 rings (SSSR count). The van der Waals surface area contributed by atoms with Crippen LogP contribution in [0.3, 0.4) is 0 Å². The van der Waals surface area contributed by atoms with Crippen LogP contribution in [-0.4, -0.2) is 82.3 Å². The Morgan fingerprint density at radius 3 is 2.23 bits per heavy atom. The van der Waals surface area contributed by atoms with Gasteiger partial charge in [-0.2, -0.15) is 0 Å². The number of piperidine rings is 2. The zero-order chi connectivity index (χ0) is 36.1. The van der Waals surface area contributed by atoms with Crippen LogP contribution in [-0.2, 0) is 19.6 Å². The third-order valence-corrected chi connectivity index (χ3v) is 11.4. The van der Waals surface area contributed by atoms with E-state index < -0.39 is 0 Å². The smallest absolute Gasteiger partial charge is 0.272 e. The first-order valence-corrected chi connectivity index (χ1v) is 18.1. The van der Waals surface area contributed by atoms with Crippen LogP contribution in [0.2, 0.25) is 0 Å². The molecule has 2 saturated heterocycles. The lowest BCUT2D eigenvalue weighted by Gasteiger charge is -2.47. The molecule has 2 amide bonds. The number of benzene rings is 2. The Morgan fingerprint density at radius 2 is 1.50 bits per heavy atom. The van der Waals surface area contributed by atoms with Crippen molar-refractivity contribution >= 4 is 23.4 Å². The van der Waals surface area contributed by atoms with Crippen LogP contribution in [0.5, 0.6) is 11.5 Å². The first-order valence-electron chi connectivity index (χ1n) is 18.1. The summed E-state index contributed by atoms with van der Waals surface area (Å²) in [5.41, 5.74) is 13.3. The fourth-order valence-electron chi connectivity index (χ4n) is 8.17. The molecule has 0 saturated carbocycles. The van der Waals surface area contributed by atoms with E-state index in [1.165, 1.54) is 11.6 Å². The van der Waals surface area contributed by atoms with Gasteiger partial charge in [0.15, 0.2) is 0 Å². The van der Waals surface area contributed by atoms with Crippen LogP contribution < -0.4 is 5.73 Å². The van der Waals surface area contributed by atoms with E-state index in [1.807, 2.05) is 41.5 Å². The number of hydrogen-bond donors (Lipinski definition) is 3. The van der Waals surface area contributed by atoms with Gasteiger partial charge in [-0.15, -0.1) is 0 Å². The Morgan fingerprint density at radius 1 is 0.788 bits per heavy atom. The number of phenolic OH excluding ortho intramolecular Hbond substituents is 2. The predicted octanol–water partition coefficient (Wildman–Crippen LogP) is 5.58. The van der Waals surface area contributed by atoms with Crippen molar-refractivity contribution in [3.05, 3.63) is 101 Å². The number of imidazole rings is 1. The summed E-state index contributed by atoms with van der Waals surface area (Å²) in [4.78, 5) is 46.1. The van der Waals surface area contributed by atoms with Gasteiger partial charge in [0.05, 0.1) is 11.8 Å². The minimum atomic E-state index is -0.233. The van der Waals surface area contributed by atoms with Crippen LogP contribution in [0.1, 0.15) is 88.5 Å². The summed E-state index contributed by atoms with van der Waals surface area (Å²) in [7, 11) is 0. The van der Waals surface area contributed by atoms with Gasteiger partial charge in [0.25, 0.3) is 11.8 Å². The van der Waals surface area contributed by atoms with E-state index in [9.17, 15) is 19.8 Å². The second-order valence-electron chi connectivity index (χ2n) is 15.0. The van der Waals surface area contributed by atoms with Gasteiger partial charge in [0.1, 0.15) is 22.8 Å². The Hall–Kier alpha value is -5.49. The van der Waals surface area contributed by atoms with Crippen molar-refractivity contribution in [1.82, 2.24) is 34.1 Å². The molecule has 12 nitrogen and oxygen atoms in total. The summed E-state index contributed by atoms with van der Waals surface area (Å²) in [5.74, 6) is -0.184. The number of nitrogen functional groups attached to an aromatic ring is 1. The highest BCUT2D eigenvalue weighted by Gasteiger charge is 2.39. The quantitative estimate of drug-likeness (QED) is 0.206. The maximum atomic E-state index is 13.7. The highest BCUT2D eigenvalue weighted by molar-refractivity contribution is 5.97. The summed E-state index contributed by atoms with van der Waals surface area (Å²) in [6, 6.07) is 13.3. The molecule has 3 aliphatic rings. The van der Waals surface area contributed by atoms with Gasteiger partial charge < -0.3 is 25.7 Å². The lowest BCUT2D eigenvalue weighted by molar-refractivity contribution is 0.0281. The highest BCUT2D eigenvalue weighted by atomic mass is 16.3. The Balaban J connectivity index is 0.857. The fraction of sp³-hybridized carbons (Fsp3) is 0.375. The van der Waals surface area contributed by atoms with Crippen LogP contribution in [0.25, 0.3) is 16.8 Å². The van der Waals surface area contributed by atoms with Crippen molar-refractivity contribution in [2.75, 3.05) is 31.9 Å². The Labute approximate surface area is 302 Å². The third-order valence-electron chi connectivity index (χ3n) is 11.4. The number of anilines is 1. The van der Waals surface area contributed by atoms with Gasteiger partial charge in [0.2, 0.25) is 5.95 Å². The van der Waals surface area contributed by atoms with E-state index in [2.05, 4.69) is 38.1 Å². The van der Waals surface area contributed by atoms with Crippen molar-refractivity contribution in [3.8, 4) is 22.6 Å². The molecule has 1 spiro atoms. The maximum absolute atomic E-state index is 13.7. The molecule has 3 aliphatic heterocycles. The van der Waals surface area contributed by atoms with E-state index in [1.54, 1.807) is 29.6 Å². The number of hydrogen-bond acceptors (Lipinski definition) is 9. The molecule has 0 atom stereocenters. The molecule has 3 aromatic heterocycles. The number of carbonyl (C=O) groups excluding carboxylic acids is 2. The predicted molar refractivity (Wildman–Crippen MR) is 197 cm³/mol. The molecule has 2 fully saturated rings. The largest absolute Gasteiger partial charge is 0.508 e. The number of fused-ring (bicyclic) bond motifs is 2. The molecular formula is C40H44N8O4. The summed E-state index contributed by atoms with van der Waals surface area (Å²) >= 11 is 0. The van der Waals surface area contributed by atoms with Crippen molar-refractivity contribution < 1.29 is 19.8 Å². The second kappa shape index (κ2) is 13.2. The van der Waals surface area contributed by atoms with Crippen LogP contribution in [0, 0.1) is 5.41 Å². The molecule has 12 heteroatoms. The first-order chi connectivity index (χ1) is 25.1. The van der Waals surface area contributed by atoms with Crippen molar-refractivity contribution in [2.24, 2.45) is 5.41 Å². The number of nitrogens with zero attached hydrogens (tertiary/aromatic N) is 7. The van der Waals surface area contributed by atoms with Crippen molar-refractivity contribution in [1.29, 1.82) is 0 Å². The lowest BCUT2D eigenvalue weighted by Crippen LogP contribution is -2.48. The molecular weight excluding hydrogens is 656 g/mol. The summed E-state index contributed by atoms with van der Waals surface area (Å²) in [6.45, 7) is 9.23. The van der Waals surface area contributed by atoms with E-state index in [4.69, 9.17) is 5.73 Å². The molecule has 0 aliphatic carbocycles. The molecule has 0 radical (unpaired) electrons. The molecule has 6 heterocycles. The zero-order valence-corrected chi connectivity index (χ0v) is 29.6. The first kappa shape index (κ1) is 33.6. The number of nitrogens with two attached hydrogens (primary N) is 1. The van der Waals surface area contributed by atoms with Gasteiger partial charge in [-0.3, -0.25) is 18.9 Å². The lowest BCUT2D eigenvalue weighted by atomic mass is 9.71. The van der Waals surface area contributed by atoms with Crippen LogP contribution in [0.15, 0.2) is 67.3 Å². The number of aromatic hydroxyl groups is 2. The number of phenols is 2. The number of carbonyl (C=O) groups is 2. The van der Waals surface area contributed by atoms with Gasteiger partial charge in [-0.1, -0.05) is 32.0 Å². The van der Waals surface area contributed by atoms with E-state index >= 15 is 0 Å². The maximum Gasteiger partial charge on any atom is 0.272 e. The standard InChI is InChI=1S/C40H44N8O4/c1-25(2)31-16-32(35(50)17-34(31)49)37(51)47-22-27-4-3-26(15-29(27)23-47)21-45-11-7-40(8-12-45)9-13-46(14-10-40)38(52)33-20-42-36-6-5-28(24-48(33)36)30-18-43-39(41)44-19-30/h3-6,15-20,24-25,49-50H,7-14,21-23H2,1-2H3,(H2,41,43,44). The number of aromatic nitrogens is 4. The van der Waals surface area contributed by atoms with Gasteiger partial charge in [-0.05, 0) is 90.6 Å². The molecule has 0 unspecified atom stereocenters. The monoisotopic (exact) mass is 700 g/mol. The van der Waals surface area contributed by atoms with Gasteiger partial charge in [-0.25, -0.2) is 15.0 Å². The second-order valence-corrected chi connectivity index (χ2v) is 15.0. The number of pyridine rings is 1. The van der Waals surface area contributed by atoms with Crippen LogP contribution >= 0.6 is 0 Å². The SMILES string of the molecule is CC(C)c1cc(C(=O)N2Cc3ccc(CN4CCC5(CC4)CCN(C(=O)c4cnc6ccc(-c7cnc(N)nc7)cn46)CC5)cc3C2)c(O)cc1O. The van der Waals surface area contributed by atoms with Crippen molar-refractivity contribution in [2.45, 2.75) is 65.1 Å². The third kappa shape index (κ3) is 6.32. The molecule has 2 aromatic carbocycles. The highest BCUT2D eigenvalue weighted by Crippen LogP contribution is 2.42. The number of rotatable bonds is 6. The minimum Gasteiger partial charge on any atom is -0.508 e. The molecule has 268 valence electrons. The van der Waals surface area contributed by atoms with E-state index in [-0.39, 0.29) is 46.2 Å². The molecule has 5 aromatic rings. The molecule has 4 N–H and O–H groups in total. The summed E-state index contributed by atoms with van der Waals surface area (Å²) < 4.78 is 1.86. The average molecular weight is 701 g/mol. The zero-order valence-electron chi connectivity index (χ0n) is 29.6. The Bertz CT molecular complexity index is 2160. The van der Waals surface area contributed by atoms with E-state index in [0.29, 0.717) is 30.0 Å². The molecule has 0 bridgehead atoms. The fourth-order valence-corrected chi connectivity index (χ4v) is 8.17. The topological polar surface area (TPSA) is 153 Å². The van der Waals surface area contributed by atoms with Crippen LogP contribution in [0.4, 0.5) is 5.95 Å². The van der Waals surface area contributed by atoms with Gasteiger partial charge >= 0.3 is 0 Å². The number of amides is 2. The average Bonchev–Trinajstić information content (AvgIpc) is 3.77. The summed E-state index contributed by atoms with van der Waals surface area (Å²) in [5, 5.41) is 20.7. The Kier molecular flexibility index (Phi) is 8.57. The molecule has 52 heavy (non-hydrogen) atoms. The normalized spacial score (nSPS) is 17.3. The van der Waals surface area contributed by atoms with Crippen molar-refractivity contribution in [3.63, 3.8) is 0 Å².